The Morgan fingerprint density at radius 3 is 2.35 bits per heavy atom. The molecular formula is C13H16O3S. The van der Waals surface area contributed by atoms with Crippen molar-refractivity contribution < 1.29 is 14.7 Å². The number of rotatable bonds is 3. The number of carbonyl (C=O) groups is 2. The van der Waals surface area contributed by atoms with Crippen molar-refractivity contribution in [3.05, 3.63) is 35.1 Å². The molecule has 0 spiro atoms. The number of hydrogen-bond acceptors (Lipinski definition) is 4. The van der Waals surface area contributed by atoms with E-state index in [-0.39, 0.29) is 16.7 Å². The molecule has 1 heterocycles. The van der Waals surface area contributed by atoms with E-state index in [1.54, 1.807) is 26.0 Å². The fraction of sp³-hybridized carbons (Fsp3) is 0.385. The molecule has 1 aliphatic heterocycles. The van der Waals surface area contributed by atoms with Crippen LogP contribution >= 0.6 is 11.8 Å². The molecule has 0 radical (unpaired) electrons. The topological polar surface area (TPSA) is 54.4 Å². The minimum atomic E-state index is -0.716. The maximum atomic E-state index is 11.5. The first-order valence-corrected chi connectivity index (χ1v) is 6.09. The smallest absolute Gasteiger partial charge is 0.219 e. The van der Waals surface area contributed by atoms with Gasteiger partial charge in [-0.3, -0.25) is 9.59 Å². The molecule has 92 valence electrons. The normalized spacial score (nSPS) is 26.1. The quantitative estimate of drug-likeness (QED) is 0.620. The molecule has 0 bridgehead atoms. The van der Waals surface area contributed by atoms with Crippen LogP contribution in [0, 0.1) is 0 Å². The van der Waals surface area contributed by atoms with Gasteiger partial charge < -0.3 is 5.11 Å². The lowest BCUT2D eigenvalue weighted by atomic mass is 10.0. The van der Waals surface area contributed by atoms with E-state index in [2.05, 4.69) is 0 Å². The zero-order chi connectivity index (χ0) is 13.2. The molecule has 0 aromatic carbocycles. The molecule has 4 heteroatoms. The van der Waals surface area contributed by atoms with Crippen LogP contribution in [-0.4, -0.2) is 20.8 Å². The summed E-state index contributed by atoms with van der Waals surface area (Å²) >= 11 is 1.09. The molecule has 1 rings (SSSR count). The van der Waals surface area contributed by atoms with Crippen LogP contribution in [0.2, 0.25) is 0 Å². The zero-order valence-corrected chi connectivity index (χ0v) is 11.2. The molecule has 0 fully saturated rings. The molecule has 17 heavy (non-hydrogen) atoms. The maximum absolute atomic E-state index is 11.5. The highest BCUT2D eigenvalue weighted by Crippen LogP contribution is 2.43. The van der Waals surface area contributed by atoms with E-state index >= 15 is 0 Å². The average Bonchev–Trinajstić information content (AvgIpc) is 2.40. The van der Waals surface area contributed by atoms with Crippen molar-refractivity contribution in [2.45, 2.75) is 32.4 Å². The first-order chi connectivity index (χ1) is 7.76. The molecule has 0 aromatic rings. The van der Waals surface area contributed by atoms with Crippen molar-refractivity contribution >= 4 is 22.7 Å². The fourth-order valence-corrected chi connectivity index (χ4v) is 2.75. The zero-order valence-electron chi connectivity index (χ0n) is 10.4. The van der Waals surface area contributed by atoms with Gasteiger partial charge in [0, 0.05) is 5.57 Å². The molecule has 0 saturated heterocycles. The number of aliphatic hydroxyl groups excluding tert-OH is 1. The van der Waals surface area contributed by atoms with Gasteiger partial charge in [-0.25, -0.2) is 0 Å². The molecule has 1 aliphatic rings. The Kier molecular flexibility index (Phi) is 3.98. The summed E-state index contributed by atoms with van der Waals surface area (Å²) in [5.41, 5.74) is 1.24. The molecular weight excluding hydrogens is 236 g/mol. The Morgan fingerprint density at radius 2 is 1.94 bits per heavy atom. The van der Waals surface area contributed by atoms with E-state index in [1.807, 2.05) is 6.92 Å². The van der Waals surface area contributed by atoms with E-state index in [4.69, 9.17) is 0 Å². The summed E-state index contributed by atoms with van der Waals surface area (Å²) in [5, 5.41) is 9.81. The third-order valence-corrected chi connectivity index (χ3v) is 3.75. The van der Waals surface area contributed by atoms with E-state index in [1.165, 1.54) is 13.0 Å². The Balaban J connectivity index is 2.99. The van der Waals surface area contributed by atoms with Crippen molar-refractivity contribution in [1.82, 2.24) is 0 Å². The van der Waals surface area contributed by atoms with Crippen LogP contribution in [0.5, 0.6) is 0 Å². The number of ketones is 1. The highest BCUT2D eigenvalue weighted by Gasteiger charge is 2.40. The van der Waals surface area contributed by atoms with Gasteiger partial charge in [0.2, 0.25) is 5.12 Å². The van der Waals surface area contributed by atoms with Crippen LogP contribution < -0.4 is 0 Å². The SMILES string of the molecule is CC(=O)/C=C/C(C)=C/[C@@]1(C)SC(=O)C(C)=C1O. The van der Waals surface area contributed by atoms with Crippen molar-refractivity contribution in [1.29, 1.82) is 0 Å². The van der Waals surface area contributed by atoms with Crippen molar-refractivity contribution in [3.8, 4) is 0 Å². The van der Waals surface area contributed by atoms with Crippen molar-refractivity contribution in [3.63, 3.8) is 0 Å². The van der Waals surface area contributed by atoms with Gasteiger partial charge in [-0.1, -0.05) is 29.5 Å². The Labute approximate surface area is 105 Å². The molecule has 0 amide bonds. The van der Waals surface area contributed by atoms with Gasteiger partial charge in [0.15, 0.2) is 5.78 Å². The summed E-state index contributed by atoms with van der Waals surface area (Å²) in [6.45, 7) is 6.70. The fourth-order valence-electron chi connectivity index (χ4n) is 1.62. The third kappa shape index (κ3) is 3.09. The van der Waals surface area contributed by atoms with Gasteiger partial charge in [0.25, 0.3) is 0 Å². The lowest BCUT2D eigenvalue weighted by Gasteiger charge is -2.18. The van der Waals surface area contributed by atoms with E-state index in [9.17, 15) is 14.7 Å². The van der Waals surface area contributed by atoms with Crippen molar-refractivity contribution in [2.75, 3.05) is 0 Å². The average molecular weight is 252 g/mol. The van der Waals surface area contributed by atoms with Crippen molar-refractivity contribution in [2.24, 2.45) is 0 Å². The summed E-state index contributed by atoms with van der Waals surface area (Å²) in [7, 11) is 0. The summed E-state index contributed by atoms with van der Waals surface area (Å²) < 4.78 is -0.716. The number of allylic oxidation sites excluding steroid dienone is 3. The lowest BCUT2D eigenvalue weighted by Crippen LogP contribution is -2.17. The minimum Gasteiger partial charge on any atom is -0.510 e. The van der Waals surface area contributed by atoms with Gasteiger partial charge in [-0.05, 0) is 33.8 Å². The predicted molar refractivity (Wildman–Crippen MR) is 69.9 cm³/mol. The summed E-state index contributed by atoms with van der Waals surface area (Å²) in [5.74, 6) is 0.0667. The van der Waals surface area contributed by atoms with Gasteiger partial charge >= 0.3 is 0 Å². The highest BCUT2D eigenvalue weighted by atomic mass is 32.2. The summed E-state index contributed by atoms with van der Waals surface area (Å²) in [6, 6.07) is 0. The van der Waals surface area contributed by atoms with Gasteiger partial charge in [-0.2, -0.15) is 0 Å². The Morgan fingerprint density at radius 1 is 1.35 bits per heavy atom. The second-order valence-electron chi connectivity index (χ2n) is 4.30. The molecule has 0 aliphatic carbocycles. The van der Waals surface area contributed by atoms with Crippen LogP contribution in [0.15, 0.2) is 35.1 Å². The standard InChI is InChI=1S/C13H16O3S/c1-8(5-6-9(2)14)7-13(4)11(15)10(3)12(16)17-13/h5-7,15H,1-4H3/b6-5+,8-7+/t13-/m1/s1. The molecule has 3 nitrogen and oxygen atoms in total. The second kappa shape index (κ2) is 4.92. The van der Waals surface area contributed by atoms with E-state index in [0.717, 1.165) is 17.3 Å². The highest BCUT2D eigenvalue weighted by molar-refractivity contribution is 8.16. The van der Waals surface area contributed by atoms with E-state index in [0.29, 0.717) is 5.57 Å². The van der Waals surface area contributed by atoms with Crippen LogP contribution in [0.1, 0.15) is 27.7 Å². The molecule has 1 N–H and O–H groups in total. The largest absolute Gasteiger partial charge is 0.510 e. The third-order valence-electron chi connectivity index (χ3n) is 2.52. The first-order valence-electron chi connectivity index (χ1n) is 5.28. The van der Waals surface area contributed by atoms with Crippen LogP contribution in [0.25, 0.3) is 0 Å². The number of aliphatic hydroxyl groups is 1. The predicted octanol–water partition coefficient (Wildman–Crippen LogP) is 2.94. The lowest BCUT2D eigenvalue weighted by molar-refractivity contribution is -0.112. The number of hydrogen-bond donors (Lipinski definition) is 1. The van der Waals surface area contributed by atoms with Crippen LogP contribution in [0.4, 0.5) is 0 Å². The van der Waals surface area contributed by atoms with Gasteiger partial charge in [0.1, 0.15) is 5.76 Å². The number of thioether (sulfide) groups is 1. The van der Waals surface area contributed by atoms with Crippen LogP contribution in [-0.2, 0) is 9.59 Å². The second-order valence-corrected chi connectivity index (χ2v) is 5.73. The Hall–Kier alpha value is -1.29. The molecule has 1 atom stereocenters. The first kappa shape index (κ1) is 13.8. The summed E-state index contributed by atoms with van der Waals surface area (Å²) in [4.78, 5) is 22.3. The maximum Gasteiger partial charge on any atom is 0.219 e. The minimum absolute atomic E-state index is 0.0333. The Bertz CT molecular complexity index is 457. The van der Waals surface area contributed by atoms with E-state index < -0.39 is 4.75 Å². The van der Waals surface area contributed by atoms with Gasteiger partial charge in [-0.15, -0.1) is 0 Å². The van der Waals surface area contributed by atoms with Crippen LogP contribution in [0.3, 0.4) is 0 Å². The van der Waals surface area contributed by atoms with Gasteiger partial charge in [0.05, 0.1) is 4.75 Å². The molecule has 0 saturated carbocycles. The molecule has 0 unspecified atom stereocenters. The summed E-state index contributed by atoms with van der Waals surface area (Å²) in [6.07, 6.45) is 4.94. The molecule has 0 aromatic heterocycles. The number of carbonyl (C=O) groups excluding carboxylic acids is 2. The monoisotopic (exact) mass is 252 g/mol.